The summed E-state index contributed by atoms with van der Waals surface area (Å²) in [6.07, 6.45) is 5.06. The molecule has 2 aliphatic rings. The zero-order chi connectivity index (χ0) is 23.4. The largest absolute Gasteiger partial charge is 0.381 e. The molecule has 34 heavy (non-hydrogen) atoms. The number of anilines is 1. The van der Waals surface area contributed by atoms with Gasteiger partial charge < -0.3 is 15.4 Å². The molecule has 0 bridgehead atoms. The van der Waals surface area contributed by atoms with Gasteiger partial charge in [-0.05, 0) is 69.0 Å². The molecule has 6 rings (SSSR count). The highest BCUT2D eigenvalue weighted by Gasteiger charge is 2.33. The molecule has 7 nitrogen and oxygen atoms in total. The fourth-order valence-electron chi connectivity index (χ4n) is 4.64. The van der Waals surface area contributed by atoms with Crippen LogP contribution in [0.4, 0.5) is 5.69 Å². The lowest BCUT2D eigenvalue weighted by molar-refractivity contribution is -0.0950. The number of rotatable bonds is 4. The lowest BCUT2D eigenvalue weighted by Gasteiger charge is -2.38. The molecule has 0 saturated heterocycles. The zero-order valence-corrected chi connectivity index (χ0v) is 20.5. The summed E-state index contributed by atoms with van der Waals surface area (Å²) >= 11 is 7.66. The molecule has 1 amide bonds. The van der Waals surface area contributed by atoms with Gasteiger partial charge >= 0.3 is 0 Å². The second-order valence-electron chi connectivity index (χ2n) is 9.37. The van der Waals surface area contributed by atoms with Crippen molar-refractivity contribution < 1.29 is 9.53 Å². The van der Waals surface area contributed by atoms with Crippen molar-refractivity contribution in [2.45, 2.75) is 51.4 Å². The Morgan fingerprint density at radius 2 is 2.09 bits per heavy atom. The third-order valence-electron chi connectivity index (χ3n) is 6.76. The van der Waals surface area contributed by atoms with Crippen LogP contribution in [0.5, 0.6) is 0 Å². The van der Waals surface area contributed by atoms with E-state index >= 15 is 0 Å². The molecule has 0 unspecified atom stereocenters. The second kappa shape index (κ2) is 8.15. The average Bonchev–Trinajstić information content (AvgIpc) is 3.13. The Balaban J connectivity index is 1.43. The number of carbonyl (C=O) groups is 1. The summed E-state index contributed by atoms with van der Waals surface area (Å²) in [4.78, 5) is 27.0. The van der Waals surface area contributed by atoms with Gasteiger partial charge in [0.05, 0.1) is 34.8 Å². The Bertz CT molecular complexity index is 1450. The predicted molar refractivity (Wildman–Crippen MR) is 136 cm³/mol. The molecule has 0 radical (unpaired) electrons. The Labute approximate surface area is 205 Å². The molecule has 1 atom stereocenters. The molecule has 1 aromatic carbocycles. The van der Waals surface area contributed by atoms with Crippen LogP contribution < -0.4 is 10.6 Å². The van der Waals surface area contributed by atoms with Crippen molar-refractivity contribution in [3.8, 4) is 11.4 Å². The SMILES string of the molecule is C[C@@H]1CNc2c(sc3ccc4nc(-c5nc(Cl)ncc5COC5(C)CCC5)ccc4c23)C(=O)N1. The number of carbonyl (C=O) groups excluding carboxylic acids is 1. The number of amides is 1. The summed E-state index contributed by atoms with van der Waals surface area (Å²) in [5, 5.41) is 8.71. The smallest absolute Gasteiger partial charge is 0.263 e. The summed E-state index contributed by atoms with van der Waals surface area (Å²) in [5.74, 6) is -0.0353. The number of thiophene rings is 1. The zero-order valence-electron chi connectivity index (χ0n) is 18.9. The van der Waals surface area contributed by atoms with E-state index in [9.17, 15) is 4.79 Å². The van der Waals surface area contributed by atoms with Crippen molar-refractivity contribution in [2.75, 3.05) is 11.9 Å². The van der Waals surface area contributed by atoms with E-state index in [1.54, 1.807) is 6.20 Å². The van der Waals surface area contributed by atoms with Gasteiger partial charge in [-0.2, -0.15) is 0 Å². The molecule has 9 heteroatoms. The number of fused-ring (bicyclic) bond motifs is 5. The van der Waals surface area contributed by atoms with E-state index in [0.717, 1.165) is 45.1 Å². The molecular weight excluding hydrogens is 470 g/mol. The fraction of sp³-hybridized carbons (Fsp3) is 0.360. The average molecular weight is 494 g/mol. The van der Waals surface area contributed by atoms with E-state index in [2.05, 4.69) is 33.6 Å². The summed E-state index contributed by atoms with van der Waals surface area (Å²) in [6.45, 7) is 5.23. The molecule has 3 aromatic heterocycles. The lowest BCUT2D eigenvalue weighted by Crippen LogP contribution is -2.36. The van der Waals surface area contributed by atoms with Crippen molar-refractivity contribution in [2.24, 2.45) is 0 Å². The monoisotopic (exact) mass is 493 g/mol. The number of aromatic nitrogens is 3. The molecule has 174 valence electrons. The molecule has 2 N–H and O–H groups in total. The number of nitrogens with zero attached hydrogens (tertiary/aromatic N) is 3. The van der Waals surface area contributed by atoms with Gasteiger partial charge in [-0.15, -0.1) is 11.3 Å². The number of hydrogen-bond acceptors (Lipinski definition) is 7. The minimum Gasteiger partial charge on any atom is -0.381 e. The van der Waals surface area contributed by atoms with Crippen LogP contribution in [0.15, 0.2) is 30.5 Å². The molecule has 4 aromatic rings. The quantitative estimate of drug-likeness (QED) is 0.362. The van der Waals surface area contributed by atoms with Crippen LogP contribution in [0.2, 0.25) is 5.28 Å². The molecule has 1 saturated carbocycles. The third kappa shape index (κ3) is 3.70. The van der Waals surface area contributed by atoms with Gasteiger partial charge in [-0.25, -0.2) is 15.0 Å². The number of halogens is 1. The molecular formula is C25H24ClN5O2S. The van der Waals surface area contributed by atoms with Gasteiger partial charge in [0.1, 0.15) is 4.88 Å². The number of hydrogen-bond donors (Lipinski definition) is 2. The normalized spacial score (nSPS) is 19.3. The Kier molecular flexibility index (Phi) is 5.20. The maximum atomic E-state index is 12.7. The lowest BCUT2D eigenvalue weighted by atomic mass is 9.82. The van der Waals surface area contributed by atoms with E-state index in [-0.39, 0.29) is 22.8 Å². The van der Waals surface area contributed by atoms with E-state index in [1.807, 2.05) is 25.1 Å². The number of nitrogens with one attached hydrogen (secondary N) is 2. The van der Waals surface area contributed by atoms with Gasteiger partial charge in [0.15, 0.2) is 0 Å². The Morgan fingerprint density at radius 1 is 1.24 bits per heavy atom. The Morgan fingerprint density at radius 3 is 2.88 bits per heavy atom. The second-order valence-corrected chi connectivity index (χ2v) is 10.8. The van der Waals surface area contributed by atoms with Crippen molar-refractivity contribution in [1.29, 1.82) is 0 Å². The molecule has 1 fully saturated rings. The molecule has 0 spiro atoms. The van der Waals surface area contributed by atoms with Crippen LogP contribution >= 0.6 is 22.9 Å². The van der Waals surface area contributed by atoms with E-state index < -0.39 is 0 Å². The first kappa shape index (κ1) is 21.7. The van der Waals surface area contributed by atoms with Crippen molar-refractivity contribution in [3.05, 3.63) is 46.2 Å². The minimum atomic E-state index is -0.0765. The summed E-state index contributed by atoms with van der Waals surface area (Å²) < 4.78 is 7.24. The number of benzene rings is 1. The van der Waals surface area contributed by atoms with Crippen LogP contribution in [0.3, 0.4) is 0 Å². The highest BCUT2D eigenvalue weighted by molar-refractivity contribution is 7.21. The third-order valence-corrected chi connectivity index (χ3v) is 8.09. The van der Waals surface area contributed by atoms with Crippen molar-refractivity contribution in [1.82, 2.24) is 20.3 Å². The van der Waals surface area contributed by atoms with Crippen LogP contribution in [-0.2, 0) is 11.3 Å². The highest BCUT2D eigenvalue weighted by atomic mass is 35.5. The topological polar surface area (TPSA) is 89.0 Å². The standard InChI is InChI=1S/C25H24ClN5O2S/c1-13-10-27-21-19-15-4-5-17(30-16(15)6-7-18(19)34-22(21)23(32)29-13)20-14(11-28-24(26)31-20)12-33-25(2)8-3-9-25/h4-7,11,13,27H,3,8-10,12H2,1-2H3,(H,29,32)/t13-/m1/s1. The fourth-order valence-corrected chi connectivity index (χ4v) is 5.87. The van der Waals surface area contributed by atoms with E-state index in [4.69, 9.17) is 21.3 Å². The van der Waals surface area contributed by atoms with E-state index in [1.165, 1.54) is 17.8 Å². The molecule has 1 aliphatic carbocycles. The van der Waals surface area contributed by atoms with Crippen molar-refractivity contribution in [3.63, 3.8) is 0 Å². The van der Waals surface area contributed by atoms with Crippen molar-refractivity contribution >= 4 is 55.5 Å². The first-order chi connectivity index (χ1) is 16.4. The van der Waals surface area contributed by atoms with Crippen LogP contribution in [0.1, 0.15) is 48.3 Å². The maximum absolute atomic E-state index is 12.7. The van der Waals surface area contributed by atoms with E-state index in [0.29, 0.717) is 29.4 Å². The van der Waals surface area contributed by atoms with Gasteiger partial charge in [0, 0.05) is 39.8 Å². The minimum absolute atomic E-state index is 0.0353. The molecule has 1 aliphatic heterocycles. The Hall–Kier alpha value is -2.81. The van der Waals surface area contributed by atoms with Crippen LogP contribution in [0.25, 0.3) is 32.4 Å². The van der Waals surface area contributed by atoms with Gasteiger partial charge in [-0.1, -0.05) is 0 Å². The summed E-state index contributed by atoms with van der Waals surface area (Å²) in [7, 11) is 0. The predicted octanol–water partition coefficient (Wildman–Crippen LogP) is 5.56. The maximum Gasteiger partial charge on any atom is 0.263 e. The number of ether oxygens (including phenoxy) is 1. The highest BCUT2D eigenvalue weighted by Crippen LogP contribution is 2.41. The molecule has 4 heterocycles. The van der Waals surface area contributed by atoms with Crippen LogP contribution in [0, 0.1) is 0 Å². The summed E-state index contributed by atoms with van der Waals surface area (Å²) in [5.41, 5.74) is 3.90. The van der Waals surface area contributed by atoms with Gasteiger partial charge in [0.2, 0.25) is 5.28 Å². The van der Waals surface area contributed by atoms with Gasteiger partial charge in [-0.3, -0.25) is 4.79 Å². The first-order valence-electron chi connectivity index (χ1n) is 11.5. The van der Waals surface area contributed by atoms with Gasteiger partial charge in [0.25, 0.3) is 5.91 Å². The van der Waals surface area contributed by atoms with Crippen LogP contribution in [-0.4, -0.2) is 39.0 Å². The summed E-state index contributed by atoms with van der Waals surface area (Å²) in [6, 6.07) is 8.09. The first-order valence-corrected chi connectivity index (χ1v) is 12.7. The number of pyridine rings is 1.